The SMILES string of the molecule is O=C(O)c1ccc(NS(=O)(=O)c2cc(F)ccc2Cl)s1. The highest BCUT2D eigenvalue weighted by atomic mass is 35.5. The fourth-order valence-corrected chi connectivity index (χ4v) is 3.93. The highest BCUT2D eigenvalue weighted by Crippen LogP contribution is 2.28. The number of thiophene rings is 1. The number of aromatic carboxylic acids is 1. The number of rotatable bonds is 4. The zero-order valence-electron chi connectivity index (χ0n) is 9.63. The summed E-state index contributed by atoms with van der Waals surface area (Å²) in [6, 6.07) is 5.52. The molecule has 1 heterocycles. The van der Waals surface area contributed by atoms with Crippen molar-refractivity contribution in [3.8, 4) is 0 Å². The molecule has 2 aromatic rings. The monoisotopic (exact) mass is 335 g/mol. The van der Waals surface area contributed by atoms with Gasteiger partial charge in [-0.25, -0.2) is 17.6 Å². The van der Waals surface area contributed by atoms with Crippen molar-refractivity contribution in [1.29, 1.82) is 0 Å². The summed E-state index contributed by atoms with van der Waals surface area (Å²) >= 11 is 6.47. The molecule has 5 nitrogen and oxygen atoms in total. The molecule has 2 rings (SSSR count). The third-order valence-electron chi connectivity index (χ3n) is 2.23. The Hall–Kier alpha value is -1.64. The Kier molecular flexibility index (Phi) is 3.98. The fraction of sp³-hybridized carbons (Fsp3) is 0. The summed E-state index contributed by atoms with van der Waals surface area (Å²) in [7, 11) is -4.08. The van der Waals surface area contributed by atoms with Crippen molar-refractivity contribution in [2.24, 2.45) is 0 Å². The van der Waals surface area contributed by atoms with Crippen LogP contribution in [0.25, 0.3) is 0 Å². The lowest BCUT2D eigenvalue weighted by Gasteiger charge is -2.07. The van der Waals surface area contributed by atoms with Gasteiger partial charge in [-0.3, -0.25) is 4.72 Å². The Morgan fingerprint density at radius 1 is 1.30 bits per heavy atom. The first-order valence-electron chi connectivity index (χ1n) is 5.10. The maximum absolute atomic E-state index is 13.1. The molecule has 20 heavy (non-hydrogen) atoms. The second-order valence-electron chi connectivity index (χ2n) is 3.65. The van der Waals surface area contributed by atoms with Crippen molar-refractivity contribution in [1.82, 2.24) is 0 Å². The van der Waals surface area contributed by atoms with Crippen LogP contribution in [-0.4, -0.2) is 19.5 Å². The molecule has 0 atom stereocenters. The summed E-state index contributed by atoms with van der Waals surface area (Å²) < 4.78 is 39.4. The van der Waals surface area contributed by atoms with Crippen molar-refractivity contribution < 1.29 is 22.7 Å². The second kappa shape index (κ2) is 5.39. The van der Waals surface area contributed by atoms with Gasteiger partial charge in [0.15, 0.2) is 0 Å². The second-order valence-corrected chi connectivity index (χ2v) is 6.79. The van der Waals surface area contributed by atoms with Crippen molar-refractivity contribution in [3.05, 3.63) is 46.0 Å². The smallest absolute Gasteiger partial charge is 0.345 e. The van der Waals surface area contributed by atoms with Crippen LogP contribution < -0.4 is 4.72 Å². The van der Waals surface area contributed by atoms with Crippen LogP contribution in [0.3, 0.4) is 0 Å². The largest absolute Gasteiger partial charge is 0.477 e. The Bertz CT molecular complexity index is 772. The molecule has 0 radical (unpaired) electrons. The molecule has 0 fully saturated rings. The molecule has 1 aromatic carbocycles. The molecular formula is C11H7ClFNO4S2. The standard InChI is InChI=1S/C11H7ClFNO4S2/c12-7-2-1-6(13)5-9(7)20(17,18)14-10-4-3-8(19-10)11(15)16/h1-5,14H,(H,15,16). The van der Waals surface area contributed by atoms with E-state index in [4.69, 9.17) is 16.7 Å². The summed E-state index contributed by atoms with van der Waals surface area (Å²) in [5, 5.41) is 8.73. The van der Waals surface area contributed by atoms with Crippen LogP contribution >= 0.6 is 22.9 Å². The third-order valence-corrected chi connectivity index (χ3v) is 5.20. The lowest BCUT2D eigenvalue weighted by Crippen LogP contribution is -2.12. The highest BCUT2D eigenvalue weighted by molar-refractivity contribution is 7.93. The van der Waals surface area contributed by atoms with Crippen LogP contribution in [0.4, 0.5) is 9.39 Å². The minimum atomic E-state index is -4.08. The number of benzene rings is 1. The van der Waals surface area contributed by atoms with E-state index in [2.05, 4.69) is 4.72 Å². The predicted molar refractivity (Wildman–Crippen MR) is 73.5 cm³/mol. The molecule has 0 unspecified atom stereocenters. The van der Waals surface area contributed by atoms with Crippen molar-refractivity contribution in [2.45, 2.75) is 4.90 Å². The lowest BCUT2D eigenvalue weighted by atomic mass is 10.3. The van der Waals surface area contributed by atoms with Crippen LogP contribution in [0.1, 0.15) is 9.67 Å². The van der Waals surface area contributed by atoms with Crippen LogP contribution in [0.5, 0.6) is 0 Å². The van der Waals surface area contributed by atoms with Gasteiger partial charge < -0.3 is 5.11 Å². The molecule has 2 N–H and O–H groups in total. The molecule has 0 aliphatic heterocycles. The summed E-state index contributed by atoms with van der Waals surface area (Å²) in [6.45, 7) is 0. The highest BCUT2D eigenvalue weighted by Gasteiger charge is 2.20. The summed E-state index contributed by atoms with van der Waals surface area (Å²) in [5.41, 5.74) is 0. The molecule has 0 aliphatic rings. The number of nitrogens with one attached hydrogen (secondary N) is 1. The van der Waals surface area contributed by atoms with Gasteiger partial charge in [-0.15, -0.1) is 11.3 Å². The van der Waals surface area contributed by atoms with Gasteiger partial charge in [-0.2, -0.15) is 0 Å². The van der Waals surface area contributed by atoms with E-state index in [-0.39, 0.29) is 14.9 Å². The van der Waals surface area contributed by atoms with Crippen molar-refractivity contribution in [2.75, 3.05) is 4.72 Å². The lowest BCUT2D eigenvalue weighted by molar-refractivity contribution is 0.0702. The minimum Gasteiger partial charge on any atom is -0.477 e. The zero-order valence-corrected chi connectivity index (χ0v) is 12.0. The first-order chi connectivity index (χ1) is 9.29. The van der Waals surface area contributed by atoms with Crippen LogP contribution in [0, 0.1) is 5.82 Å². The molecule has 0 aliphatic carbocycles. The van der Waals surface area contributed by atoms with Crippen molar-refractivity contribution >= 4 is 43.9 Å². The predicted octanol–water partition coefficient (Wildman–Crippen LogP) is 3.04. The van der Waals surface area contributed by atoms with E-state index in [1.165, 1.54) is 12.1 Å². The number of sulfonamides is 1. The van der Waals surface area contributed by atoms with E-state index in [0.717, 1.165) is 29.5 Å². The van der Waals surface area contributed by atoms with Gasteiger partial charge in [0.1, 0.15) is 20.6 Å². The maximum atomic E-state index is 13.1. The molecule has 0 saturated carbocycles. The van der Waals surface area contributed by atoms with Gasteiger partial charge in [-0.05, 0) is 30.3 Å². The van der Waals surface area contributed by atoms with Gasteiger partial charge in [0.2, 0.25) is 0 Å². The first kappa shape index (κ1) is 14.8. The summed E-state index contributed by atoms with van der Waals surface area (Å²) in [5.74, 6) is -1.91. The van der Waals surface area contributed by atoms with E-state index >= 15 is 0 Å². The molecule has 0 spiro atoms. The van der Waals surface area contributed by atoms with Gasteiger partial charge >= 0.3 is 5.97 Å². The number of carboxylic acids is 1. The molecule has 0 saturated heterocycles. The average Bonchev–Trinajstić information content (AvgIpc) is 2.80. The number of carboxylic acid groups (broad SMARTS) is 1. The number of anilines is 1. The van der Waals surface area contributed by atoms with Crippen molar-refractivity contribution in [3.63, 3.8) is 0 Å². The summed E-state index contributed by atoms with van der Waals surface area (Å²) in [4.78, 5) is 10.3. The quantitative estimate of drug-likeness (QED) is 0.899. The van der Waals surface area contributed by atoms with Gasteiger partial charge in [0.05, 0.1) is 5.02 Å². The molecule has 9 heteroatoms. The number of carbonyl (C=O) groups is 1. The topological polar surface area (TPSA) is 83.5 Å². The van der Waals surface area contributed by atoms with E-state index in [0.29, 0.717) is 0 Å². The molecular weight excluding hydrogens is 329 g/mol. The molecule has 0 bridgehead atoms. The molecule has 0 amide bonds. The third kappa shape index (κ3) is 3.09. The maximum Gasteiger partial charge on any atom is 0.345 e. The first-order valence-corrected chi connectivity index (χ1v) is 7.78. The van der Waals surface area contributed by atoms with E-state index < -0.39 is 26.7 Å². The molecule has 1 aromatic heterocycles. The minimum absolute atomic E-state index is 0.0203. The normalized spacial score (nSPS) is 11.3. The van der Waals surface area contributed by atoms with E-state index in [1.54, 1.807) is 0 Å². The fourth-order valence-electron chi connectivity index (χ4n) is 1.38. The van der Waals surface area contributed by atoms with Crippen LogP contribution in [0.2, 0.25) is 5.02 Å². The Balaban J connectivity index is 2.35. The average molecular weight is 336 g/mol. The van der Waals surface area contributed by atoms with Crippen LogP contribution in [-0.2, 0) is 10.0 Å². The molecule has 106 valence electrons. The Labute approximate surface area is 122 Å². The van der Waals surface area contributed by atoms with Gasteiger partial charge in [-0.1, -0.05) is 11.6 Å². The van der Waals surface area contributed by atoms with Gasteiger partial charge in [0, 0.05) is 0 Å². The Morgan fingerprint density at radius 2 is 2.00 bits per heavy atom. The van der Waals surface area contributed by atoms with E-state index in [9.17, 15) is 17.6 Å². The number of hydrogen-bond donors (Lipinski definition) is 2. The zero-order chi connectivity index (χ0) is 14.9. The number of hydrogen-bond acceptors (Lipinski definition) is 4. The van der Waals surface area contributed by atoms with Gasteiger partial charge in [0.25, 0.3) is 10.0 Å². The van der Waals surface area contributed by atoms with Crippen LogP contribution in [0.15, 0.2) is 35.2 Å². The summed E-state index contributed by atoms with van der Waals surface area (Å²) in [6.07, 6.45) is 0. The van der Waals surface area contributed by atoms with E-state index in [1.807, 2.05) is 0 Å². The number of halogens is 2. The Morgan fingerprint density at radius 3 is 2.60 bits per heavy atom.